The topological polar surface area (TPSA) is 35.4 Å². The highest BCUT2D eigenvalue weighted by Crippen LogP contribution is 2.04. The maximum atomic E-state index is 5.45. The van der Waals surface area contributed by atoms with Crippen LogP contribution in [0.1, 0.15) is 6.92 Å². The zero-order valence-electron chi connectivity index (χ0n) is 6.63. The fourth-order valence-corrected chi connectivity index (χ4v) is 1.25. The van der Waals surface area contributed by atoms with Gasteiger partial charge >= 0.3 is 0 Å². The van der Waals surface area contributed by atoms with Gasteiger partial charge in [0.05, 0.1) is 6.10 Å². The molecule has 0 aromatic carbocycles. The second-order valence-corrected chi connectivity index (χ2v) is 2.48. The van der Waals surface area contributed by atoms with Crippen molar-refractivity contribution >= 4 is 0 Å². The third-order valence-electron chi connectivity index (χ3n) is 1.84. The molecule has 1 radical (unpaired) electrons. The molecule has 2 atom stereocenters. The second kappa shape index (κ2) is 3.91. The molecule has 2 unspecified atom stereocenters. The van der Waals surface area contributed by atoms with E-state index in [1.807, 2.05) is 14.0 Å². The van der Waals surface area contributed by atoms with Crippen molar-refractivity contribution in [3.8, 4) is 0 Å². The zero-order valence-corrected chi connectivity index (χ0v) is 6.63. The average molecular weight is 143 g/mol. The Balaban J connectivity index is 2.27. The Morgan fingerprint density at radius 2 is 2.40 bits per heavy atom. The van der Waals surface area contributed by atoms with Gasteiger partial charge < -0.3 is 10.1 Å². The molecule has 1 rings (SSSR count). The molecule has 0 aliphatic carbocycles. The van der Waals surface area contributed by atoms with E-state index >= 15 is 0 Å². The number of ether oxygens (including phenoxy) is 1. The number of hydrogen-bond donors (Lipinski definition) is 1. The summed E-state index contributed by atoms with van der Waals surface area (Å²) >= 11 is 0. The van der Waals surface area contributed by atoms with Crippen LogP contribution in [0.2, 0.25) is 0 Å². The van der Waals surface area contributed by atoms with Gasteiger partial charge in [-0.25, -0.2) is 5.32 Å². The van der Waals surface area contributed by atoms with Crippen molar-refractivity contribution < 1.29 is 4.74 Å². The molecule has 0 bridgehead atoms. The van der Waals surface area contributed by atoms with Crippen LogP contribution in [0.5, 0.6) is 0 Å². The van der Waals surface area contributed by atoms with E-state index in [4.69, 9.17) is 4.74 Å². The monoisotopic (exact) mass is 143 g/mol. The summed E-state index contributed by atoms with van der Waals surface area (Å²) in [6.45, 7) is 4.57. The van der Waals surface area contributed by atoms with Gasteiger partial charge in [0.15, 0.2) is 0 Å². The SMILES string of the molecule is CCOC1C[N]CC1NC. The molecule has 0 amide bonds. The number of nitrogens with zero attached hydrogens (tertiary/aromatic N) is 1. The average Bonchev–Trinajstić information content (AvgIpc) is 2.36. The Kier molecular flexibility index (Phi) is 3.12. The van der Waals surface area contributed by atoms with Crippen molar-refractivity contribution in [2.75, 3.05) is 26.7 Å². The lowest BCUT2D eigenvalue weighted by Gasteiger charge is -2.16. The molecule has 1 aliphatic rings. The maximum absolute atomic E-state index is 5.45. The van der Waals surface area contributed by atoms with E-state index in [1.165, 1.54) is 0 Å². The predicted molar refractivity (Wildman–Crippen MR) is 40.1 cm³/mol. The van der Waals surface area contributed by atoms with Gasteiger partial charge in [-0.15, -0.1) is 0 Å². The van der Waals surface area contributed by atoms with Gasteiger partial charge in [-0.3, -0.25) is 0 Å². The fourth-order valence-electron chi connectivity index (χ4n) is 1.25. The quantitative estimate of drug-likeness (QED) is 0.583. The summed E-state index contributed by atoms with van der Waals surface area (Å²) in [4.78, 5) is 0. The zero-order chi connectivity index (χ0) is 7.40. The van der Waals surface area contributed by atoms with Crippen molar-refractivity contribution in [2.24, 2.45) is 0 Å². The van der Waals surface area contributed by atoms with Crippen LogP contribution in [0.4, 0.5) is 0 Å². The smallest absolute Gasteiger partial charge is 0.0881 e. The summed E-state index contributed by atoms with van der Waals surface area (Å²) in [7, 11) is 1.96. The Morgan fingerprint density at radius 1 is 1.60 bits per heavy atom. The molecule has 1 heterocycles. The molecule has 1 N–H and O–H groups in total. The van der Waals surface area contributed by atoms with Crippen LogP contribution in [-0.2, 0) is 4.74 Å². The number of hydrogen-bond acceptors (Lipinski definition) is 2. The van der Waals surface area contributed by atoms with Gasteiger partial charge in [0.1, 0.15) is 0 Å². The van der Waals surface area contributed by atoms with Crippen molar-refractivity contribution in [3.05, 3.63) is 0 Å². The third kappa shape index (κ3) is 1.68. The van der Waals surface area contributed by atoms with E-state index in [-0.39, 0.29) is 0 Å². The minimum atomic E-state index is 0.315. The normalized spacial score (nSPS) is 33.0. The first-order valence-corrected chi connectivity index (χ1v) is 3.80. The third-order valence-corrected chi connectivity index (χ3v) is 1.84. The fraction of sp³-hybridized carbons (Fsp3) is 1.00. The standard InChI is InChI=1S/C7H15N2O/c1-3-10-7-5-9-4-6(7)8-2/h6-8H,3-5H2,1-2H3. The summed E-state index contributed by atoms with van der Waals surface area (Å²) in [5.74, 6) is 0. The van der Waals surface area contributed by atoms with E-state index in [2.05, 4.69) is 10.6 Å². The lowest BCUT2D eigenvalue weighted by atomic mass is 10.2. The van der Waals surface area contributed by atoms with Gasteiger partial charge in [-0.1, -0.05) is 0 Å². The Hall–Kier alpha value is -0.120. The first kappa shape index (κ1) is 7.98. The van der Waals surface area contributed by atoms with Crippen molar-refractivity contribution in [3.63, 3.8) is 0 Å². The van der Waals surface area contributed by atoms with E-state index in [0.717, 1.165) is 19.7 Å². The lowest BCUT2D eigenvalue weighted by molar-refractivity contribution is 0.0603. The van der Waals surface area contributed by atoms with Crippen LogP contribution in [0.25, 0.3) is 0 Å². The number of likely N-dealkylation sites (N-methyl/N-ethyl adjacent to an activating group) is 1. The molecule has 10 heavy (non-hydrogen) atoms. The summed E-state index contributed by atoms with van der Waals surface area (Å²) in [5.41, 5.74) is 0. The summed E-state index contributed by atoms with van der Waals surface area (Å²) in [6.07, 6.45) is 0.315. The van der Waals surface area contributed by atoms with Crippen LogP contribution in [0.3, 0.4) is 0 Å². The van der Waals surface area contributed by atoms with Crippen molar-refractivity contribution in [1.82, 2.24) is 10.6 Å². The first-order valence-electron chi connectivity index (χ1n) is 3.80. The van der Waals surface area contributed by atoms with E-state index in [0.29, 0.717) is 12.1 Å². The molecule has 3 nitrogen and oxygen atoms in total. The van der Waals surface area contributed by atoms with E-state index in [9.17, 15) is 0 Å². The summed E-state index contributed by atoms with van der Waals surface area (Å²) in [5, 5.41) is 7.43. The van der Waals surface area contributed by atoms with E-state index in [1.54, 1.807) is 0 Å². The Bertz CT molecular complexity index is 97.6. The molecule has 0 spiro atoms. The number of rotatable bonds is 3. The molecule has 59 valence electrons. The maximum Gasteiger partial charge on any atom is 0.0881 e. The highest BCUT2D eigenvalue weighted by Gasteiger charge is 2.26. The van der Waals surface area contributed by atoms with Crippen LogP contribution in [0, 0.1) is 0 Å². The molecular formula is C7H15N2O. The molecule has 3 heteroatoms. The van der Waals surface area contributed by atoms with Gasteiger partial charge in [0.25, 0.3) is 0 Å². The van der Waals surface area contributed by atoms with Gasteiger partial charge in [-0.2, -0.15) is 0 Å². The molecule has 0 aromatic heterocycles. The predicted octanol–water partition coefficient (Wildman–Crippen LogP) is -0.402. The highest BCUT2D eigenvalue weighted by molar-refractivity contribution is 4.86. The summed E-state index contributed by atoms with van der Waals surface area (Å²) < 4.78 is 5.45. The van der Waals surface area contributed by atoms with Gasteiger partial charge in [0, 0.05) is 25.7 Å². The Labute approximate surface area is 62.1 Å². The molecule has 0 saturated carbocycles. The van der Waals surface area contributed by atoms with Gasteiger partial charge in [-0.05, 0) is 14.0 Å². The minimum Gasteiger partial charge on any atom is -0.375 e. The molecule has 1 aliphatic heterocycles. The van der Waals surface area contributed by atoms with Gasteiger partial charge in [0.2, 0.25) is 0 Å². The Morgan fingerprint density at radius 3 is 3.00 bits per heavy atom. The highest BCUT2D eigenvalue weighted by atomic mass is 16.5. The molecular weight excluding hydrogens is 128 g/mol. The lowest BCUT2D eigenvalue weighted by Crippen LogP contribution is -2.38. The minimum absolute atomic E-state index is 0.315. The van der Waals surface area contributed by atoms with Crippen LogP contribution >= 0.6 is 0 Å². The van der Waals surface area contributed by atoms with Crippen LogP contribution < -0.4 is 10.6 Å². The van der Waals surface area contributed by atoms with Crippen LogP contribution in [0.15, 0.2) is 0 Å². The van der Waals surface area contributed by atoms with Crippen LogP contribution in [-0.4, -0.2) is 38.9 Å². The van der Waals surface area contributed by atoms with Crippen molar-refractivity contribution in [2.45, 2.75) is 19.1 Å². The summed E-state index contributed by atoms with van der Waals surface area (Å²) in [6, 6.07) is 0.444. The number of nitrogens with one attached hydrogen (secondary N) is 1. The van der Waals surface area contributed by atoms with E-state index < -0.39 is 0 Å². The molecule has 1 fully saturated rings. The molecule has 1 saturated heterocycles. The largest absolute Gasteiger partial charge is 0.375 e. The molecule has 0 aromatic rings. The first-order chi connectivity index (χ1) is 4.88. The van der Waals surface area contributed by atoms with Crippen molar-refractivity contribution in [1.29, 1.82) is 0 Å². The second-order valence-electron chi connectivity index (χ2n) is 2.48.